The van der Waals surface area contributed by atoms with Crippen molar-refractivity contribution in [2.24, 2.45) is 0 Å². The van der Waals surface area contributed by atoms with Crippen LogP contribution >= 0.6 is 39.3 Å². The molecule has 0 bridgehead atoms. The lowest BCUT2D eigenvalue weighted by Gasteiger charge is -2.25. The summed E-state index contributed by atoms with van der Waals surface area (Å²) in [4.78, 5) is 14.7. The van der Waals surface area contributed by atoms with E-state index in [-0.39, 0.29) is 11.3 Å². The van der Waals surface area contributed by atoms with Gasteiger partial charge in [-0.3, -0.25) is 4.79 Å². The minimum absolute atomic E-state index is 0.0298. The van der Waals surface area contributed by atoms with Crippen LogP contribution in [0.25, 0.3) is 0 Å². The average Bonchev–Trinajstić information content (AvgIpc) is 3.06. The Labute approximate surface area is 159 Å². The number of carbonyl (C=O) groups is 1. The molecule has 1 aliphatic rings. The van der Waals surface area contributed by atoms with Crippen LogP contribution in [0, 0.1) is 0 Å². The van der Waals surface area contributed by atoms with Crippen LogP contribution in [0.15, 0.2) is 46.9 Å². The Morgan fingerprint density at radius 3 is 2.88 bits per heavy atom. The first-order chi connectivity index (χ1) is 11.6. The molecule has 1 heterocycles. The van der Waals surface area contributed by atoms with Crippen LogP contribution in [0.4, 0.5) is 0 Å². The molecule has 1 aliphatic heterocycles. The highest BCUT2D eigenvalue weighted by molar-refractivity contribution is 9.10. The zero-order chi connectivity index (χ0) is 17.1. The van der Waals surface area contributed by atoms with Crippen LogP contribution in [0.5, 0.6) is 5.75 Å². The first-order valence-corrected chi connectivity index (χ1v) is 9.80. The zero-order valence-corrected chi connectivity index (χ0v) is 16.3. The molecule has 0 N–H and O–H groups in total. The van der Waals surface area contributed by atoms with E-state index in [1.54, 1.807) is 18.9 Å². The predicted molar refractivity (Wildman–Crippen MR) is 103 cm³/mol. The number of benzene rings is 2. The molecule has 126 valence electrons. The summed E-state index contributed by atoms with van der Waals surface area (Å²) in [7, 11) is 1.64. The van der Waals surface area contributed by atoms with E-state index in [1.807, 2.05) is 47.4 Å². The number of carbonyl (C=O) groups excluding carboxylic acids is 1. The number of hydrogen-bond donors (Lipinski definition) is 0. The van der Waals surface area contributed by atoms with Gasteiger partial charge in [0.25, 0.3) is 0 Å². The van der Waals surface area contributed by atoms with Gasteiger partial charge in [-0.15, -0.1) is 11.8 Å². The molecule has 1 unspecified atom stereocenters. The molecule has 1 atom stereocenters. The molecular weight excluding hydrogens is 410 g/mol. The summed E-state index contributed by atoms with van der Waals surface area (Å²) in [5.74, 6) is 1.82. The topological polar surface area (TPSA) is 29.5 Å². The maximum atomic E-state index is 12.8. The van der Waals surface area contributed by atoms with Crippen molar-refractivity contribution in [1.82, 2.24) is 4.90 Å². The van der Waals surface area contributed by atoms with Gasteiger partial charge in [0.1, 0.15) is 11.1 Å². The van der Waals surface area contributed by atoms with Gasteiger partial charge in [-0.2, -0.15) is 0 Å². The third-order valence-electron chi connectivity index (χ3n) is 3.97. The third-order valence-corrected chi connectivity index (χ3v) is 6.22. The minimum Gasteiger partial charge on any atom is -0.496 e. The molecule has 0 aromatic heterocycles. The first kappa shape index (κ1) is 17.6. The van der Waals surface area contributed by atoms with Gasteiger partial charge in [-0.05, 0) is 45.3 Å². The molecule has 0 aliphatic carbocycles. The van der Waals surface area contributed by atoms with E-state index < -0.39 is 0 Å². The number of hydrogen-bond acceptors (Lipinski definition) is 3. The molecule has 3 nitrogen and oxygen atoms in total. The number of methoxy groups -OCH3 is 1. The van der Waals surface area contributed by atoms with E-state index in [0.717, 1.165) is 33.6 Å². The highest BCUT2D eigenvalue weighted by atomic mass is 79.9. The third kappa shape index (κ3) is 3.73. The lowest BCUT2D eigenvalue weighted by atomic mass is 10.1. The Hall–Kier alpha value is -1.17. The number of rotatable bonds is 4. The van der Waals surface area contributed by atoms with E-state index in [1.165, 1.54) is 0 Å². The van der Waals surface area contributed by atoms with Gasteiger partial charge in [0.2, 0.25) is 5.91 Å². The second kappa shape index (κ2) is 7.81. The normalized spacial score (nSPS) is 17.1. The Balaban J connectivity index is 1.79. The van der Waals surface area contributed by atoms with Crippen LogP contribution in [-0.2, 0) is 11.2 Å². The van der Waals surface area contributed by atoms with Crippen molar-refractivity contribution < 1.29 is 9.53 Å². The summed E-state index contributed by atoms with van der Waals surface area (Å²) in [5, 5.41) is 0.670. The SMILES string of the molecule is COc1ccc(C2SCCN2C(=O)Cc2ccccc2Cl)cc1Br. The quantitative estimate of drug-likeness (QED) is 0.694. The van der Waals surface area contributed by atoms with Crippen molar-refractivity contribution >= 4 is 45.2 Å². The summed E-state index contributed by atoms with van der Waals surface area (Å²) in [5.41, 5.74) is 1.97. The molecule has 2 aromatic carbocycles. The molecule has 3 rings (SSSR count). The van der Waals surface area contributed by atoms with Crippen molar-refractivity contribution in [3.8, 4) is 5.75 Å². The fourth-order valence-corrected chi connectivity index (χ4v) is 4.77. The van der Waals surface area contributed by atoms with Crippen molar-refractivity contribution in [3.05, 3.63) is 63.1 Å². The maximum absolute atomic E-state index is 12.8. The predicted octanol–water partition coefficient (Wildman–Crippen LogP) is 4.93. The Morgan fingerprint density at radius 1 is 1.38 bits per heavy atom. The minimum atomic E-state index is 0.0298. The molecule has 0 saturated carbocycles. The molecule has 0 spiro atoms. The molecule has 1 fully saturated rings. The van der Waals surface area contributed by atoms with Crippen LogP contribution in [0.3, 0.4) is 0 Å². The molecule has 1 amide bonds. The van der Waals surface area contributed by atoms with Crippen molar-refractivity contribution in [2.75, 3.05) is 19.4 Å². The van der Waals surface area contributed by atoms with Crippen LogP contribution < -0.4 is 4.74 Å². The summed E-state index contributed by atoms with van der Waals surface area (Å²) >= 11 is 11.5. The second-order valence-electron chi connectivity index (χ2n) is 5.47. The number of halogens is 2. The van der Waals surface area contributed by atoms with Gasteiger partial charge in [-0.25, -0.2) is 0 Å². The molecule has 0 radical (unpaired) electrons. The molecule has 2 aromatic rings. The highest BCUT2D eigenvalue weighted by Gasteiger charge is 2.31. The van der Waals surface area contributed by atoms with E-state index in [4.69, 9.17) is 16.3 Å². The van der Waals surface area contributed by atoms with Gasteiger partial charge in [-0.1, -0.05) is 35.9 Å². The van der Waals surface area contributed by atoms with Gasteiger partial charge >= 0.3 is 0 Å². The van der Waals surface area contributed by atoms with E-state index in [2.05, 4.69) is 15.9 Å². The number of nitrogens with zero attached hydrogens (tertiary/aromatic N) is 1. The first-order valence-electron chi connectivity index (χ1n) is 7.58. The summed E-state index contributed by atoms with van der Waals surface area (Å²) in [6, 6.07) is 13.5. The molecular formula is C18H17BrClNO2S. The van der Waals surface area contributed by atoms with E-state index in [0.29, 0.717) is 11.4 Å². The lowest BCUT2D eigenvalue weighted by molar-refractivity contribution is -0.130. The van der Waals surface area contributed by atoms with Crippen molar-refractivity contribution in [2.45, 2.75) is 11.8 Å². The maximum Gasteiger partial charge on any atom is 0.228 e. The summed E-state index contributed by atoms with van der Waals surface area (Å²) in [6.07, 6.45) is 0.327. The summed E-state index contributed by atoms with van der Waals surface area (Å²) < 4.78 is 6.18. The van der Waals surface area contributed by atoms with Gasteiger partial charge in [0.05, 0.1) is 18.0 Å². The number of thioether (sulfide) groups is 1. The Bertz CT molecular complexity index is 756. The van der Waals surface area contributed by atoms with Crippen LogP contribution in [0.1, 0.15) is 16.5 Å². The highest BCUT2D eigenvalue weighted by Crippen LogP contribution is 2.40. The van der Waals surface area contributed by atoms with Crippen LogP contribution in [-0.4, -0.2) is 30.2 Å². The molecule has 24 heavy (non-hydrogen) atoms. The fourth-order valence-electron chi connectivity index (χ4n) is 2.74. The lowest BCUT2D eigenvalue weighted by Crippen LogP contribution is -2.31. The van der Waals surface area contributed by atoms with E-state index in [9.17, 15) is 4.79 Å². The van der Waals surface area contributed by atoms with Crippen molar-refractivity contribution in [3.63, 3.8) is 0 Å². The average molecular weight is 427 g/mol. The van der Waals surface area contributed by atoms with Crippen LogP contribution in [0.2, 0.25) is 5.02 Å². The summed E-state index contributed by atoms with van der Waals surface area (Å²) in [6.45, 7) is 0.752. The fraction of sp³-hybridized carbons (Fsp3) is 0.278. The van der Waals surface area contributed by atoms with Crippen molar-refractivity contribution in [1.29, 1.82) is 0 Å². The smallest absolute Gasteiger partial charge is 0.228 e. The van der Waals surface area contributed by atoms with Gasteiger partial charge in [0.15, 0.2) is 0 Å². The number of amides is 1. The molecule has 6 heteroatoms. The number of ether oxygens (including phenoxy) is 1. The van der Waals surface area contributed by atoms with Gasteiger partial charge in [0, 0.05) is 17.3 Å². The standard InChI is InChI=1S/C18H17BrClNO2S/c1-23-16-7-6-13(10-14(16)19)18-21(8-9-24-18)17(22)11-12-4-2-3-5-15(12)20/h2-7,10,18H,8-9,11H2,1H3. The largest absolute Gasteiger partial charge is 0.496 e. The van der Waals surface area contributed by atoms with Gasteiger partial charge < -0.3 is 9.64 Å². The van der Waals surface area contributed by atoms with E-state index >= 15 is 0 Å². The second-order valence-corrected chi connectivity index (χ2v) is 7.92. The zero-order valence-electron chi connectivity index (χ0n) is 13.2. The molecule has 1 saturated heterocycles. The monoisotopic (exact) mass is 425 g/mol. The Morgan fingerprint density at radius 2 is 2.17 bits per heavy atom. The Kier molecular flexibility index (Phi) is 5.74.